The van der Waals surface area contributed by atoms with E-state index in [0.717, 1.165) is 10.6 Å². The van der Waals surface area contributed by atoms with Crippen LogP contribution in [-0.2, 0) is 14.4 Å². The summed E-state index contributed by atoms with van der Waals surface area (Å²) in [5.41, 5.74) is 0. The number of carboxylic acid groups (broad SMARTS) is 1. The molecule has 0 aliphatic rings. The van der Waals surface area contributed by atoms with Crippen LogP contribution < -0.4 is 10.1 Å². The highest BCUT2D eigenvalue weighted by Gasteiger charge is 2.25. The summed E-state index contributed by atoms with van der Waals surface area (Å²) in [5.74, 6) is -0.721. The first kappa shape index (κ1) is 20.8. The number of aliphatic carboxylic acids is 1. The highest BCUT2D eigenvalue weighted by molar-refractivity contribution is 8.00. The van der Waals surface area contributed by atoms with E-state index >= 15 is 0 Å². The fourth-order valence-corrected chi connectivity index (χ4v) is 2.83. The number of ether oxygens (including phenoxy) is 1. The van der Waals surface area contributed by atoms with E-state index < -0.39 is 12.0 Å². The van der Waals surface area contributed by atoms with Crippen molar-refractivity contribution in [3.8, 4) is 5.75 Å². The maximum Gasteiger partial charge on any atom is 0.326 e. The number of thioether (sulfide) groups is 1. The van der Waals surface area contributed by atoms with Gasteiger partial charge in [0.1, 0.15) is 11.8 Å². The third-order valence-corrected chi connectivity index (χ3v) is 4.37. The number of benzene rings is 1. The fourth-order valence-electron chi connectivity index (χ4n) is 2.05. The molecular weight excluding hydrogens is 344 g/mol. The smallest absolute Gasteiger partial charge is 0.326 e. The molecule has 0 spiro atoms. The fraction of sp³-hybridized carbons (Fsp3) is 0.471. The molecule has 1 aromatic rings. The maximum atomic E-state index is 12.4. The van der Waals surface area contributed by atoms with Crippen molar-refractivity contribution in [2.45, 2.75) is 31.7 Å². The maximum absolute atomic E-state index is 12.4. The Bertz CT molecular complexity index is 591. The van der Waals surface area contributed by atoms with E-state index in [0.29, 0.717) is 6.61 Å². The zero-order chi connectivity index (χ0) is 18.8. The highest BCUT2D eigenvalue weighted by atomic mass is 32.2. The van der Waals surface area contributed by atoms with Gasteiger partial charge in [0.05, 0.1) is 12.4 Å². The number of hydrogen-bond donors (Lipinski definition) is 2. The zero-order valence-electron chi connectivity index (χ0n) is 14.7. The normalized spacial score (nSPS) is 11.5. The molecule has 0 aliphatic carbocycles. The van der Waals surface area contributed by atoms with Crippen LogP contribution in [0.15, 0.2) is 29.2 Å². The predicted molar refractivity (Wildman–Crippen MR) is 95.8 cm³/mol. The van der Waals surface area contributed by atoms with Crippen molar-refractivity contribution in [3.63, 3.8) is 0 Å². The van der Waals surface area contributed by atoms with Crippen molar-refractivity contribution in [2.24, 2.45) is 0 Å². The summed E-state index contributed by atoms with van der Waals surface area (Å²) >= 11 is 1.33. The van der Waals surface area contributed by atoms with E-state index in [1.807, 2.05) is 31.2 Å². The molecule has 0 bridgehead atoms. The van der Waals surface area contributed by atoms with E-state index in [1.54, 1.807) is 0 Å². The number of nitrogens with zero attached hydrogens (tertiary/aromatic N) is 1. The second kappa shape index (κ2) is 10.6. The van der Waals surface area contributed by atoms with Crippen LogP contribution in [0.25, 0.3) is 0 Å². The van der Waals surface area contributed by atoms with Gasteiger partial charge < -0.3 is 20.1 Å². The molecule has 0 saturated carbocycles. The molecule has 2 N–H and O–H groups in total. The topological polar surface area (TPSA) is 95.9 Å². The van der Waals surface area contributed by atoms with Crippen LogP contribution in [-0.4, -0.2) is 59.3 Å². The van der Waals surface area contributed by atoms with Gasteiger partial charge in [-0.05, 0) is 38.1 Å². The van der Waals surface area contributed by atoms with Gasteiger partial charge in [-0.1, -0.05) is 0 Å². The van der Waals surface area contributed by atoms with Crippen molar-refractivity contribution >= 4 is 29.5 Å². The molecule has 0 fully saturated rings. The Morgan fingerprint density at radius 2 is 1.92 bits per heavy atom. The van der Waals surface area contributed by atoms with Crippen molar-refractivity contribution in [1.82, 2.24) is 10.2 Å². The summed E-state index contributed by atoms with van der Waals surface area (Å²) in [6.07, 6.45) is 0. The molecule has 0 aromatic heterocycles. The number of carboxylic acids is 1. The molecule has 138 valence electrons. The third-order valence-electron chi connectivity index (χ3n) is 3.37. The Labute approximate surface area is 151 Å². The summed E-state index contributed by atoms with van der Waals surface area (Å²) in [4.78, 5) is 36.7. The van der Waals surface area contributed by atoms with Gasteiger partial charge >= 0.3 is 5.97 Å². The Kier molecular flexibility index (Phi) is 8.83. The molecule has 1 rings (SSSR count). The summed E-state index contributed by atoms with van der Waals surface area (Å²) in [7, 11) is 0. The number of amides is 2. The molecule has 7 nitrogen and oxygen atoms in total. The summed E-state index contributed by atoms with van der Waals surface area (Å²) in [6.45, 7) is 5.67. The van der Waals surface area contributed by atoms with Gasteiger partial charge in [-0.25, -0.2) is 4.79 Å². The molecule has 2 amide bonds. The Balaban J connectivity index is 2.63. The molecule has 1 atom stereocenters. The highest BCUT2D eigenvalue weighted by Crippen LogP contribution is 2.22. The second-order valence-electron chi connectivity index (χ2n) is 5.28. The number of hydrogen-bond acceptors (Lipinski definition) is 5. The van der Waals surface area contributed by atoms with E-state index in [-0.39, 0.29) is 30.7 Å². The van der Waals surface area contributed by atoms with E-state index in [9.17, 15) is 19.5 Å². The third kappa shape index (κ3) is 7.47. The molecule has 1 aromatic carbocycles. The van der Waals surface area contributed by atoms with E-state index in [2.05, 4.69) is 5.32 Å². The van der Waals surface area contributed by atoms with E-state index in [4.69, 9.17) is 4.74 Å². The van der Waals surface area contributed by atoms with Crippen LogP contribution in [0.5, 0.6) is 5.75 Å². The van der Waals surface area contributed by atoms with Gasteiger partial charge in [0, 0.05) is 24.9 Å². The first-order valence-corrected chi connectivity index (χ1v) is 8.96. The van der Waals surface area contributed by atoms with Crippen LogP contribution in [0.4, 0.5) is 0 Å². The van der Waals surface area contributed by atoms with Crippen LogP contribution >= 0.6 is 11.8 Å². The molecule has 0 heterocycles. The van der Waals surface area contributed by atoms with Crippen molar-refractivity contribution in [2.75, 3.05) is 25.4 Å². The molecular formula is C17H24N2O5S. The van der Waals surface area contributed by atoms with Crippen molar-refractivity contribution in [3.05, 3.63) is 24.3 Å². The first-order chi connectivity index (χ1) is 11.8. The van der Waals surface area contributed by atoms with Crippen LogP contribution in [0, 0.1) is 0 Å². The number of nitrogens with one attached hydrogen (secondary N) is 1. The second-order valence-corrected chi connectivity index (χ2v) is 6.33. The predicted octanol–water partition coefficient (Wildman–Crippen LogP) is 1.62. The number of rotatable bonds is 10. The van der Waals surface area contributed by atoms with Crippen molar-refractivity contribution in [1.29, 1.82) is 0 Å². The molecule has 0 aliphatic heterocycles. The lowest BCUT2D eigenvalue weighted by atomic mass is 10.2. The van der Waals surface area contributed by atoms with Crippen LogP contribution in [0.3, 0.4) is 0 Å². The minimum absolute atomic E-state index is 0.117. The lowest BCUT2D eigenvalue weighted by molar-refractivity contribution is -0.148. The lowest BCUT2D eigenvalue weighted by Gasteiger charge is -2.26. The molecule has 0 radical (unpaired) electrons. The zero-order valence-corrected chi connectivity index (χ0v) is 15.5. The molecule has 0 saturated heterocycles. The van der Waals surface area contributed by atoms with E-state index in [1.165, 1.54) is 30.5 Å². The largest absolute Gasteiger partial charge is 0.494 e. The van der Waals surface area contributed by atoms with Crippen molar-refractivity contribution < 1.29 is 24.2 Å². The molecule has 8 heteroatoms. The summed E-state index contributed by atoms with van der Waals surface area (Å²) in [5, 5.41) is 11.7. The SMILES string of the molecule is CCOc1ccc(SCC(=O)N(CCNC(C)=O)C(C)C(=O)O)cc1. The summed E-state index contributed by atoms with van der Waals surface area (Å²) < 4.78 is 5.36. The monoisotopic (exact) mass is 368 g/mol. The molecule has 1 unspecified atom stereocenters. The summed E-state index contributed by atoms with van der Waals surface area (Å²) in [6, 6.07) is 6.40. The Morgan fingerprint density at radius 1 is 1.28 bits per heavy atom. The number of carbonyl (C=O) groups excluding carboxylic acids is 2. The standard InChI is InChI=1S/C17H24N2O5S/c1-4-24-14-5-7-15(8-6-14)25-11-16(21)19(12(2)17(22)23)10-9-18-13(3)20/h5-8,12H,4,9-11H2,1-3H3,(H,18,20)(H,22,23). The quantitative estimate of drug-likeness (QED) is 0.609. The van der Waals surface area contributed by atoms with Gasteiger partial charge in [-0.3, -0.25) is 9.59 Å². The minimum atomic E-state index is -1.08. The average molecular weight is 368 g/mol. The first-order valence-electron chi connectivity index (χ1n) is 7.97. The van der Waals surface area contributed by atoms with Gasteiger partial charge in [0.25, 0.3) is 0 Å². The average Bonchev–Trinajstić information content (AvgIpc) is 2.57. The molecule has 25 heavy (non-hydrogen) atoms. The van der Waals surface area contributed by atoms with Crippen LogP contribution in [0.1, 0.15) is 20.8 Å². The Hall–Kier alpha value is -2.22. The lowest BCUT2D eigenvalue weighted by Crippen LogP contribution is -2.47. The van der Waals surface area contributed by atoms with Gasteiger partial charge in [-0.2, -0.15) is 0 Å². The van der Waals surface area contributed by atoms with Gasteiger partial charge in [0.2, 0.25) is 11.8 Å². The Morgan fingerprint density at radius 3 is 2.44 bits per heavy atom. The van der Waals surface area contributed by atoms with Gasteiger partial charge in [-0.15, -0.1) is 11.8 Å². The van der Waals surface area contributed by atoms with Crippen LogP contribution in [0.2, 0.25) is 0 Å². The number of carbonyl (C=O) groups is 3. The minimum Gasteiger partial charge on any atom is -0.494 e. The van der Waals surface area contributed by atoms with Gasteiger partial charge in [0.15, 0.2) is 0 Å².